The Kier molecular flexibility index (Phi) is 4.21. The van der Waals surface area contributed by atoms with Crippen molar-refractivity contribution >= 4 is 23.1 Å². The Hall–Kier alpha value is -0.890. The maximum absolute atomic E-state index is 6.07. The number of likely N-dealkylation sites (tertiary alicyclic amines) is 1. The molecule has 124 valence electrons. The molecule has 0 saturated carbocycles. The van der Waals surface area contributed by atoms with Crippen LogP contribution in [0.5, 0.6) is 0 Å². The lowest BCUT2D eigenvalue weighted by Gasteiger charge is -2.47. The van der Waals surface area contributed by atoms with Crippen molar-refractivity contribution in [2.75, 3.05) is 18.8 Å². The lowest BCUT2D eigenvalue weighted by Crippen LogP contribution is -2.58. The zero-order chi connectivity index (χ0) is 15.9. The first-order chi connectivity index (χ1) is 11.1. The Morgan fingerprint density at radius 2 is 2.26 bits per heavy atom. The molecule has 0 aromatic carbocycles. The monoisotopic (exact) mass is 351 g/mol. The third-order valence-electron chi connectivity index (χ3n) is 4.39. The van der Waals surface area contributed by atoms with Gasteiger partial charge in [-0.1, -0.05) is 5.16 Å². The lowest BCUT2D eigenvalue weighted by atomic mass is 9.93. The minimum absolute atomic E-state index is 0.360. The number of hydrogen-bond donors (Lipinski definition) is 0. The molecule has 5 nitrogen and oxygen atoms in total. The van der Waals surface area contributed by atoms with Gasteiger partial charge < -0.3 is 9.26 Å². The first kappa shape index (κ1) is 15.6. The Balaban J connectivity index is 1.23. The van der Waals surface area contributed by atoms with E-state index in [0.717, 1.165) is 54.0 Å². The van der Waals surface area contributed by atoms with Gasteiger partial charge in [0, 0.05) is 41.6 Å². The normalized spacial score (nSPS) is 23.5. The largest absolute Gasteiger partial charge is 0.371 e. The summed E-state index contributed by atoms with van der Waals surface area (Å²) in [5, 5.41) is 7.28. The van der Waals surface area contributed by atoms with E-state index < -0.39 is 0 Å². The standard InChI is InChI=1S/C16H21N3O2S2/c1-11-3-13(18-21-11)5-19-9-16(10-19)4-15(8-23-16)20-6-14-7-22-12(2)17-14/h3,7,15H,4-6,8-10H2,1-2H3. The molecule has 23 heavy (non-hydrogen) atoms. The van der Waals surface area contributed by atoms with E-state index in [1.54, 1.807) is 11.3 Å². The predicted octanol–water partition coefficient (Wildman–Crippen LogP) is 3.02. The molecule has 2 aromatic rings. The number of thiazole rings is 1. The van der Waals surface area contributed by atoms with Crippen LogP contribution in [0.3, 0.4) is 0 Å². The molecule has 4 rings (SSSR count). The smallest absolute Gasteiger partial charge is 0.133 e. The third kappa shape index (κ3) is 3.47. The van der Waals surface area contributed by atoms with E-state index in [1.807, 2.05) is 19.9 Å². The first-order valence-electron chi connectivity index (χ1n) is 7.91. The number of hydrogen-bond acceptors (Lipinski definition) is 7. The van der Waals surface area contributed by atoms with Crippen LogP contribution in [-0.4, -0.2) is 44.7 Å². The van der Waals surface area contributed by atoms with Crippen molar-refractivity contribution in [3.8, 4) is 0 Å². The molecule has 4 heterocycles. The highest BCUT2D eigenvalue weighted by Crippen LogP contribution is 2.46. The summed E-state index contributed by atoms with van der Waals surface area (Å²) in [6, 6.07) is 2.02. The van der Waals surface area contributed by atoms with Crippen molar-refractivity contribution in [2.45, 2.75) is 44.3 Å². The van der Waals surface area contributed by atoms with Gasteiger partial charge in [0.15, 0.2) is 0 Å². The Morgan fingerprint density at radius 1 is 1.39 bits per heavy atom. The van der Waals surface area contributed by atoms with Crippen LogP contribution >= 0.6 is 23.1 Å². The van der Waals surface area contributed by atoms with Gasteiger partial charge >= 0.3 is 0 Å². The van der Waals surface area contributed by atoms with Crippen molar-refractivity contribution in [1.82, 2.24) is 15.0 Å². The van der Waals surface area contributed by atoms with E-state index >= 15 is 0 Å². The van der Waals surface area contributed by atoms with Gasteiger partial charge in [0.05, 0.1) is 29.1 Å². The van der Waals surface area contributed by atoms with E-state index in [-0.39, 0.29) is 0 Å². The molecular formula is C16H21N3O2S2. The molecule has 2 aromatic heterocycles. The van der Waals surface area contributed by atoms with Gasteiger partial charge in [-0.3, -0.25) is 4.90 Å². The minimum Gasteiger partial charge on any atom is -0.371 e. The summed E-state index contributed by atoms with van der Waals surface area (Å²) in [6.07, 6.45) is 1.51. The van der Waals surface area contributed by atoms with Gasteiger partial charge in [0.1, 0.15) is 5.76 Å². The van der Waals surface area contributed by atoms with Crippen LogP contribution in [0.1, 0.15) is 28.6 Å². The van der Waals surface area contributed by atoms with Gasteiger partial charge in [0.2, 0.25) is 0 Å². The van der Waals surface area contributed by atoms with Crippen molar-refractivity contribution in [3.63, 3.8) is 0 Å². The Labute approximate surface area is 144 Å². The van der Waals surface area contributed by atoms with Gasteiger partial charge in [-0.2, -0.15) is 0 Å². The molecular weight excluding hydrogens is 330 g/mol. The molecule has 0 N–H and O–H groups in total. The van der Waals surface area contributed by atoms with Gasteiger partial charge in [-0.05, 0) is 20.3 Å². The molecule has 2 aliphatic heterocycles. The van der Waals surface area contributed by atoms with Crippen LogP contribution < -0.4 is 0 Å². The van der Waals surface area contributed by atoms with Crippen LogP contribution in [0, 0.1) is 13.8 Å². The minimum atomic E-state index is 0.360. The third-order valence-corrected chi connectivity index (χ3v) is 6.79. The lowest BCUT2D eigenvalue weighted by molar-refractivity contribution is 0.0248. The van der Waals surface area contributed by atoms with E-state index in [0.29, 0.717) is 17.5 Å². The molecule has 7 heteroatoms. The van der Waals surface area contributed by atoms with Crippen LogP contribution in [-0.2, 0) is 17.9 Å². The molecule has 2 fully saturated rings. The molecule has 0 bridgehead atoms. The highest BCUT2D eigenvalue weighted by Gasteiger charge is 2.49. The second-order valence-corrected chi connectivity index (χ2v) is 9.11. The fourth-order valence-corrected chi connectivity index (χ4v) is 5.61. The van der Waals surface area contributed by atoms with Gasteiger partial charge in [-0.25, -0.2) is 4.98 Å². The van der Waals surface area contributed by atoms with Crippen molar-refractivity contribution in [2.24, 2.45) is 0 Å². The predicted molar refractivity (Wildman–Crippen MR) is 91.8 cm³/mol. The molecule has 1 unspecified atom stereocenters. The number of aryl methyl sites for hydroxylation is 2. The number of aromatic nitrogens is 2. The van der Waals surface area contributed by atoms with Crippen molar-refractivity contribution in [3.05, 3.63) is 33.6 Å². The van der Waals surface area contributed by atoms with Crippen molar-refractivity contribution in [1.29, 1.82) is 0 Å². The molecule has 2 saturated heterocycles. The summed E-state index contributed by atoms with van der Waals surface area (Å²) < 4.78 is 11.6. The van der Waals surface area contributed by atoms with Gasteiger partial charge in [0.25, 0.3) is 0 Å². The van der Waals surface area contributed by atoms with Crippen LogP contribution in [0.25, 0.3) is 0 Å². The first-order valence-corrected chi connectivity index (χ1v) is 9.78. The maximum Gasteiger partial charge on any atom is 0.133 e. The maximum atomic E-state index is 6.07. The fraction of sp³-hybridized carbons (Fsp3) is 0.625. The molecule has 0 radical (unpaired) electrons. The molecule has 1 spiro atoms. The second kappa shape index (κ2) is 6.20. The Bertz CT molecular complexity index is 678. The topological polar surface area (TPSA) is 51.4 Å². The summed E-state index contributed by atoms with van der Waals surface area (Å²) >= 11 is 3.76. The number of thioether (sulfide) groups is 1. The molecule has 2 aliphatic rings. The Morgan fingerprint density at radius 3 is 2.96 bits per heavy atom. The van der Waals surface area contributed by atoms with Crippen LogP contribution in [0.4, 0.5) is 0 Å². The highest BCUT2D eigenvalue weighted by atomic mass is 32.2. The van der Waals surface area contributed by atoms with Gasteiger partial charge in [-0.15, -0.1) is 23.1 Å². The summed E-state index contributed by atoms with van der Waals surface area (Å²) in [4.78, 5) is 6.91. The average Bonchev–Trinajstić information content (AvgIpc) is 3.17. The quantitative estimate of drug-likeness (QED) is 0.825. The van der Waals surface area contributed by atoms with Crippen LogP contribution in [0.15, 0.2) is 16.0 Å². The zero-order valence-corrected chi connectivity index (χ0v) is 15.1. The summed E-state index contributed by atoms with van der Waals surface area (Å²) in [6.45, 7) is 7.76. The molecule has 0 amide bonds. The summed E-state index contributed by atoms with van der Waals surface area (Å²) in [5.41, 5.74) is 2.10. The number of nitrogens with zero attached hydrogens (tertiary/aromatic N) is 3. The number of rotatable bonds is 5. The molecule has 0 aliphatic carbocycles. The zero-order valence-electron chi connectivity index (χ0n) is 13.4. The highest BCUT2D eigenvalue weighted by molar-refractivity contribution is 8.01. The van der Waals surface area contributed by atoms with Crippen molar-refractivity contribution < 1.29 is 9.26 Å². The summed E-state index contributed by atoms with van der Waals surface area (Å²) in [5.74, 6) is 1.98. The molecule has 1 atom stereocenters. The van der Waals surface area contributed by atoms with E-state index in [9.17, 15) is 0 Å². The van der Waals surface area contributed by atoms with E-state index in [4.69, 9.17) is 9.26 Å². The fourth-order valence-electron chi connectivity index (χ4n) is 3.41. The van der Waals surface area contributed by atoms with E-state index in [1.165, 1.54) is 0 Å². The summed E-state index contributed by atoms with van der Waals surface area (Å²) in [7, 11) is 0. The van der Waals surface area contributed by atoms with E-state index in [2.05, 4.69) is 32.2 Å². The average molecular weight is 351 g/mol. The SMILES string of the molecule is Cc1cc(CN2CC3(CC(OCc4csc(C)n4)CS3)C2)no1. The number of ether oxygens (including phenoxy) is 1. The van der Waals surface area contributed by atoms with Crippen LogP contribution in [0.2, 0.25) is 0 Å². The second-order valence-electron chi connectivity index (χ2n) is 6.56.